The fourth-order valence-electron chi connectivity index (χ4n) is 3.00. The SMILES string of the molecule is OCc1ccc2nc(-c3ccc4c(c3)CCC4)cn2c1. The van der Waals surface area contributed by atoms with E-state index in [-0.39, 0.29) is 6.61 Å². The van der Waals surface area contributed by atoms with Crippen LogP contribution in [0.3, 0.4) is 0 Å². The van der Waals surface area contributed by atoms with E-state index in [0.29, 0.717) is 0 Å². The van der Waals surface area contributed by atoms with E-state index in [1.54, 1.807) is 0 Å². The molecule has 0 bridgehead atoms. The zero-order chi connectivity index (χ0) is 13.5. The van der Waals surface area contributed by atoms with Crippen LogP contribution in [0.2, 0.25) is 0 Å². The lowest BCUT2D eigenvalue weighted by atomic mass is 10.1. The third kappa shape index (κ3) is 1.82. The molecular formula is C17H16N2O. The van der Waals surface area contributed by atoms with Gasteiger partial charge in [0.2, 0.25) is 0 Å². The van der Waals surface area contributed by atoms with Gasteiger partial charge in [-0.2, -0.15) is 0 Å². The summed E-state index contributed by atoms with van der Waals surface area (Å²) in [6.07, 6.45) is 7.63. The molecule has 2 aromatic heterocycles. The summed E-state index contributed by atoms with van der Waals surface area (Å²) in [5.74, 6) is 0. The molecule has 0 unspecified atom stereocenters. The van der Waals surface area contributed by atoms with E-state index < -0.39 is 0 Å². The Morgan fingerprint density at radius 3 is 2.85 bits per heavy atom. The first-order chi connectivity index (χ1) is 9.83. The Morgan fingerprint density at radius 2 is 1.95 bits per heavy atom. The van der Waals surface area contributed by atoms with Crippen molar-refractivity contribution in [3.05, 3.63) is 59.4 Å². The number of imidazole rings is 1. The summed E-state index contributed by atoms with van der Waals surface area (Å²) >= 11 is 0. The van der Waals surface area contributed by atoms with Crippen LogP contribution in [0.1, 0.15) is 23.1 Å². The van der Waals surface area contributed by atoms with Crippen molar-refractivity contribution in [3.63, 3.8) is 0 Å². The third-order valence-electron chi connectivity index (χ3n) is 4.09. The van der Waals surface area contributed by atoms with Crippen LogP contribution in [0.15, 0.2) is 42.7 Å². The van der Waals surface area contributed by atoms with E-state index in [4.69, 9.17) is 0 Å². The molecule has 1 aromatic carbocycles. The zero-order valence-electron chi connectivity index (χ0n) is 11.2. The molecule has 0 fully saturated rings. The molecule has 2 heterocycles. The first-order valence-electron chi connectivity index (χ1n) is 7.04. The molecule has 1 aliphatic rings. The van der Waals surface area contributed by atoms with Gasteiger partial charge in [-0.3, -0.25) is 0 Å². The molecule has 100 valence electrons. The van der Waals surface area contributed by atoms with Crippen LogP contribution in [0.4, 0.5) is 0 Å². The molecule has 3 heteroatoms. The van der Waals surface area contributed by atoms with Gasteiger partial charge in [0.25, 0.3) is 0 Å². The molecule has 1 aliphatic carbocycles. The van der Waals surface area contributed by atoms with Crippen LogP contribution in [0.5, 0.6) is 0 Å². The van der Waals surface area contributed by atoms with Crippen LogP contribution in [0, 0.1) is 0 Å². The number of aryl methyl sites for hydroxylation is 2. The van der Waals surface area contributed by atoms with E-state index in [0.717, 1.165) is 16.9 Å². The van der Waals surface area contributed by atoms with Crippen LogP contribution in [-0.2, 0) is 19.4 Å². The van der Waals surface area contributed by atoms with E-state index in [2.05, 4.69) is 23.2 Å². The van der Waals surface area contributed by atoms with Crippen molar-refractivity contribution >= 4 is 5.65 Å². The topological polar surface area (TPSA) is 37.5 Å². The second kappa shape index (κ2) is 4.46. The predicted molar refractivity (Wildman–Crippen MR) is 78.6 cm³/mol. The van der Waals surface area contributed by atoms with E-state index in [1.165, 1.54) is 36.0 Å². The van der Waals surface area contributed by atoms with Crippen LogP contribution < -0.4 is 0 Å². The number of pyridine rings is 1. The molecular weight excluding hydrogens is 248 g/mol. The number of hydrogen-bond acceptors (Lipinski definition) is 2. The van der Waals surface area contributed by atoms with Gasteiger partial charge in [-0.1, -0.05) is 18.2 Å². The lowest BCUT2D eigenvalue weighted by Crippen LogP contribution is -1.88. The molecule has 0 radical (unpaired) electrons. The Labute approximate surface area is 117 Å². The van der Waals surface area contributed by atoms with E-state index in [1.807, 2.05) is 28.9 Å². The van der Waals surface area contributed by atoms with Crippen molar-refractivity contribution in [1.29, 1.82) is 0 Å². The monoisotopic (exact) mass is 264 g/mol. The molecule has 3 nitrogen and oxygen atoms in total. The Bertz CT molecular complexity index is 789. The van der Waals surface area contributed by atoms with Crippen molar-refractivity contribution in [3.8, 4) is 11.3 Å². The average molecular weight is 264 g/mol. The Kier molecular flexibility index (Phi) is 2.60. The lowest BCUT2D eigenvalue weighted by Gasteiger charge is -2.01. The molecule has 20 heavy (non-hydrogen) atoms. The number of rotatable bonds is 2. The molecule has 0 amide bonds. The highest BCUT2D eigenvalue weighted by Gasteiger charge is 2.12. The number of benzene rings is 1. The molecule has 3 aromatic rings. The minimum absolute atomic E-state index is 0.0578. The van der Waals surface area contributed by atoms with E-state index >= 15 is 0 Å². The second-order valence-electron chi connectivity index (χ2n) is 5.42. The maximum absolute atomic E-state index is 9.19. The summed E-state index contributed by atoms with van der Waals surface area (Å²) in [5.41, 5.74) is 6.94. The number of aromatic nitrogens is 2. The number of hydrogen-bond donors (Lipinski definition) is 1. The highest BCUT2D eigenvalue weighted by Crippen LogP contribution is 2.27. The fraction of sp³-hybridized carbons (Fsp3) is 0.235. The van der Waals surface area contributed by atoms with Gasteiger partial charge >= 0.3 is 0 Å². The van der Waals surface area contributed by atoms with Gasteiger partial charge in [0.1, 0.15) is 5.65 Å². The van der Waals surface area contributed by atoms with Crippen LogP contribution >= 0.6 is 0 Å². The summed E-state index contributed by atoms with van der Waals surface area (Å²) in [6.45, 7) is 0.0578. The molecule has 0 saturated heterocycles. The van der Waals surface area contributed by atoms with Gasteiger partial charge in [-0.05, 0) is 48.1 Å². The molecule has 0 saturated carbocycles. The van der Waals surface area contributed by atoms with Gasteiger partial charge in [0.15, 0.2) is 0 Å². The van der Waals surface area contributed by atoms with Gasteiger partial charge in [0, 0.05) is 18.0 Å². The minimum atomic E-state index is 0.0578. The van der Waals surface area contributed by atoms with Gasteiger partial charge < -0.3 is 9.51 Å². The van der Waals surface area contributed by atoms with Crippen molar-refractivity contribution in [1.82, 2.24) is 9.38 Å². The number of fused-ring (bicyclic) bond motifs is 2. The smallest absolute Gasteiger partial charge is 0.137 e. The third-order valence-corrected chi connectivity index (χ3v) is 4.09. The van der Waals surface area contributed by atoms with Gasteiger partial charge in [-0.15, -0.1) is 0 Å². The maximum Gasteiger partial charge on any atom is 0.137 e. The first-order valence-corrected chi connectivity index (χ1v) is 7.04. The number of nitrogens with zero attached hydrogens (tertiary/aromatic N) is 2. The van der Waals surface area contributed by atoms with Crippen LogP contribution in [-0.4, -0.2) is 14.5 Å². The average Bonchev–Trinajstić information content (AvgIpc) is 3.11. The number of aliphatic hydroxyl groups excluding tert-OH is 1. The molecule has 0 spiro atoms. The number of aliphatic hydroxyl groups is 1. The highest BCUT2D eigenvalue weighted by atomic mass is 16.3. The van der Waals surface area contributed by atoms with Crippen molar-refractivity contribution in [2.75, 3.05) is 0 Å². The quantitative estimate of drug-likeness (QED) is 0.772. The molecule has 0 aliphatic heterocycles. The minimum Gasteiger partial charge on any atom is -0.392 e. The van der Waals surface area contributed by atoms with Gasteiger partial charge in [0.05, 0.1) is 12.3 Å². The Balaban J connectivity index is 1.81. The normalized spacial score (nSPS) is 13.8. The van der Waals surface area contributed by atoms with E-state index in [9.17, 15) is 5.11 Å². The van der Waals surface area contributed by atoms with Crippen molar-refractivity contribution < 1.29 is 5.11 Å². The summed E-state index contributed by atoms with van der Waals surface area (Å²) in [6, 6.07) is 10.5. The van der Waals surface area contributed by atoms with Crippen LogP contribution in [0.25, 0.3) is 16.9 Å². The summed E-state index contributed by atoms with van der Waals surface area (Å²) in [4.78, 5) is 4.67. The molecule has 0 atom stereocenters. The first kappa shape index (κ1) is 11.7. The molecule has 4 rings (SSSR count). The second-order valence-corrected chi connectivity index (χ2v) is 5.42. The fourth-order valence-corrected chi connectivity index (χ4v) is 3.00. The largest absolute Gasteiger partial charge is 0.392 e. The summed E-state index contributed by atoms with van der Waals surface area (Å²) in [5, 5.41) is 9.19. The Morgan fingerprint density at radius 1 is 1.05 bits per heavy atom. The summed E-state index contributed by atoms with van der Waals surface area (Å²) in [7, 11) is 0. The Hall–Kier alpha value is -2.13. The van der Waals surface area contributed by atoms with Crippen molar-refractivity contribution in [2.24, 2.45) is 0 Å². The van der Waals surface area contributed by atoms with Gasteiger partial charge in [-0.25, -0.2) is 4.98 Å². The highest BCUT2D eigenvalue weighted by molar-refractivity contribution is 5.64. The van der Waals surface area contributed by atoms with Crippen molar-refractivity contribution in [2.45, 2.75) is 25.9 Å². The standard InChI is InChI=1S/C17H16N2O/c20-11-12-4-7-17-18-16(10-19(17)9-12)15-6-5-13-2-1-3-14(13)8-15/h4-10,20H,1-3,11H2. The maximum atomic E-state index is 9.19. The molecule has 1 N–H and O–H groups in total. The predicted octanol–water partition coefficient (Wildman–Crippen LogP) is 2.98. The lowest BCUT2D eigenvalue weighted by molar-refractivity contribution is 0.281. The summed E-state index contributed by atoms with van der Waals surface area (Å²) < 4.78 is 1.98. The zero-order valence-corrected chi connectivity index (χ0v) is 11.2.